The Morgan fingerprint density at radius 2 is 2.00 bits per heavy atom. The van der Waals surface area contributed by atoms with E-state index in [9.17, 15) is 0 Å². The van der Waals surface area contributed by atoms with Crippen LogP contribution in [0.1, 0.15) is 16.9 Å². The number of furan rings is 1. The van der Waals surface area contributed by atoms with Crippen LogP contribution in [0.5, 0.6) is 0 Å². The topological polar surface area (TPSA) is 39.2 Å². The first kappa shape index (κ1) is 11.4. The summed E-state index contributed by atoms with van der Waals surface area (Å²) in [6.07, 6.45) is 0. The van der Waals surface area contributed by atoms with E-state index in [0.29, 0.717) is 6.54 Å². The summed E-state index contributed by atoms with van der Waals surface area (Å²) in [5, 5.41) is 0. The van der Waals surface area contributed by atoms with Crippen LogP contribution >= 0.6 is 15.9 Å². The highest BCUT2D eigenvalue weighted by Crippen LogP contribution is 2.33. The summed E-state index contributed by atoms with van der Waals surface area (Å²) in [4.78, 5) is 0. The molecule has 16 heavy (non-hydrogen) atoms. The van der Waals surface area contributed by atoms with Crippen molar-refractivity contribution < 1.29 is 4.42 Å². The third-order valence-electron chi connectivity index (χ3n) is 2.54. The number of halogens is 1. The van der Waals surface area contributed by atoms with Crippen LogP contribution in [-0.4, -0.2) is 0 Å². The Labute approximate surface area is 104 Å². The summed E-state index contributed by atoms with van der Waals surface area (Å²) in [6.45, 7) is 4.59. The number of aryl methyl sites for hydroxylation is 2. The van der Waals surface area contributed by atoms with Crippen molar-refractivity contribution in [3.63, 3.8) is 0 Å². The van der Waals surface area contributed by atoms with Crippen molar-refractivity contribution in [3.8, 4) is 11.3 Å². The van der Waals surface area contributed by atoms with E-state index >= 15 is 0 Å². The second-order valence-corrected chi connectivity index (χ2v) is 4.76. The molecule has 0 unspecified atom stereocenters. The van der Waals surface area contributed by atoms with Crippen LogP contribution in [-0.2, 0) is 6.54 Å². The summed E-state index contributed by atoms with van der Waals surface area (Å²) in [5.74, 6) is 1.67. The van der Waals surface area contributed by atoms with Gasteiger partial charge < -0.3 is 10.2 Å². The number of hydrogen-bond donors (Lipinski definition) is 1. The minimum absolute atomic E-state index is 0.433. The predicted molar refractivity (Wildman–Crippen MR) is 69.2 cm³/mol. The number of rotatable bonds is 2. The number of hydrogen-bond acceptors (Lipinski definition) is 2. The van der Waals surface area contributed by atoms with Crippen LogP contribution in [0.2, 0.25) is 0 Å². The fourth-order valence-electron chi connectivity index (χ4n) is 1.85. The molecule has 2 nitrogen and oxygen atoms in total. The molecule has 2 rings (SSSR count). The van der Waals surface area contributed by atoms with E-state index in [0.717, 1.165) is 21.6 Å². The van der Waals surface area contributed by atoms with Gasteiger partial charge in [0.05, 0.1) is 6.54 Å². The zero-order chi connectivity index (χ0) is 11.7. The summed E-state index contributed by atoms with van der Waals surface area (Å²) >= 11 is 3.57. The summed E-state index contributed by atoms with van der Waals surface area (Å²) in [6, 6.07) is 8.11. The van der Waals surface area contributed by atoms with Gasteiger partial charge in [-0.1, -0.05) is 22.0 Å². The van der Waals surface area contributed by atoms with Crippen molar-refractivity contribution in [1.82, 2.24) is 0 Å². The van der Waals surface area contributed by atoms with Crippen LogP contribution in [0.3, 0.4) is 0 Å². The van der Waals surface area contributed by atoms with Crippen molar-refractivity contribution in [2.75, 3.05) is 0 Å². The quantitative estimate of drug-likeness (QED) is 0.909. The smallest absolute Gasteiger partial charge is 0.135 e. The summed E-state index contributed by atoms with van der Waals surface area (Å²) in [7, 11) is 0. The molecule has 2 aromatic rings. The lowest BCUT2D eigenvalue weighted by Gasteiger charge is -2.07. The lowest BCUT2D eigenvalue weighted by atomic mass is 10.0. The standard InChI is InChI=1S/C13H14BrNO/c1-8-5-9(2)13(11(14)6-8)12-4-3-10(7-15)16-12/h3-6H,7,15H2,1-2H3. The Balaban J connectivity index is 2.55. The van der Waals surface area contributed by atoms with Crippen LogP contribution in [0.25, 0.3) is 11.3 Å². The average molecular weight is 280 g/mol. The maximum Gasteiger partial charge on any atom is 0.135 e. The molecule has 0 radical (unpaired) electrons. The van der Waals surface area contributed by atoms with E-state index in [4.69, 9.17) is 10.2 Å². The maximum atomic E-state index is 5.67. The minimum atomic E-state index is 0.433. The highest BCUT2D eigenvalue weighted by Gasteiger charge is 2.11. The average Bonchev–Trinajstić information content (AvgIpc) is 2.64. The van der Waals surface area contributed by atoms with Gasteiger partial charge in [-0.15, -0.1) is 0 Å². The zero-order valence-corrected chi connectivity index (χ0v) is 11.0. The molecule has 0 aliphatic rings. The van der Waals surface area contributed by atoms with Gasteiger partial charge in [0.25, 0.3) is 0 Å². The first-order valence-electron chi connectivity index (χ1n) is 5.17. The molecule has 1 aromatic carbocycles. The molecule has 0 bridgehead atoms. The molecule has 0 fully saturated rings. The van der Waals surface area contributed by atoms with Crippen LogP contribution in [0, 0.1) is 13.8 Å². The molecule has 0 spiro atoms. The third kappa shape index (κ3) is 2.06. The lowest BCUT2D eigenvalue weighted by Crippen LogP contribution is -1.92. The molecular formula is C13H14BrNO. The SMILES string of the molecule is Cc1cc(C)c(-c2ccc(CN)o2)c(Br)c1. The lowest BCUT2D eigenvalue weighted by molar-refractivity contribution is 0.525. The molecule has 0 saturated carbocycles. The molecule has 84 valence electrons. The van der Waals surface area contributed by atoms with E-state index in [-0.39, 0.29) is 0 Å². The minimum Gasteiger partial charge on any atom is -0.460 e. The fourth-order valence-corrected chi connectivity index (χ4v) is 2.72. The van der Waals surface area contributed by atoms with Gasteiger partial charge >= 0.3 is 0 Å². The summed E-state index contributed by atoms with van der Waals surface area (Å²) in [5.41, 5.74) is 9.07. The number of benzene rings is 1. The Bertz CT molecular complexity index is 493. The summed E-state index contributed by atoms with van der Waals surface area (Å²) < 4.78 is 6.72. The molecule has 0 aliphatic heterocycles. The van der Waals surface area contributed by atoms with Gasteiger partial charge in [0.1, 0.15) is 11.5 Å². The molecule has 0 aliphatic carbocycles. The highest BCUT2D eigenvalue weighted by atomic mass is 79.9. The van der Waals surface area contributed by atoms with E-state index in [2.05, 4.69) is 41.9 Å². The van der Waals surface area contributed by atoms with Gasteiger partial charge in [-0.2, -0.15) is 0 Å². The zero-order valence-electron chi connectivity index (χ0n) is 9.38. The molecule has 0 amide bonds. The number of nitrogens with two attached hydrogens (primary N) is 1. The molecular weight excluding hydrogens is 266 g/mol. The van der Waals surface area contributed by atoms with E-state index in [1.807, 2.05) is 12.1 Å². The molecule has 0 atom stereocenters. The second kappa shape index (κ2) is 4.44. The Hall–Kier alpha value is -1.06. The van der Waals surface area contributed by atoms with E-state index in [1.165, 1.54) is 11.1 Å². The van der Waals surface area contributed by atoms with Gasteiger partial charge in [0, 0.05) is 10.0 Å². The maximum absolute atomic E-state index is 5.67. The van der Waals surface area contributed by atoms with Gasteiger partial charge in [-0.05, 0) is 43.2 Å². The van der Waals surface area contributed by atoms with E-state index in [1.54, 1.807) is 0 Å². The molecule has 1 aromatic heterocycles. The Morgan fingerprint density at radius 3 is 2.56 bits per heavy atom. The first-order chi connectivity index (χ1) is 7.61. The second-order valence-electron chi connectivity index (χ2n) is 3.91. The van der Waals surface area contributed by atoms with Crippen molar-refractivity contribution in [2.24, 2.45) is 5.73 Å². The fraction of sp³-hybridized carbons (Fsp3) is 0.231. The molecule has 3 heteroatoms. The largest absolute Gasteiger partial charge is 0.460 e. The van der Waals surface area contributed by atoms with Gasteiger partial charge in [-0.3, -0.25) is 0 Å². The Kier molecular flexibility index (Phi) is 3.17. The monoisotopic (exact) mass is 279 g/mol. The van der Waals surface area contributed by atoms with Crippen molar-refractivity contribution in [1.29, 1.82) is 0 Å². The van der Waals surface area contributed by atoms with Crippen LogP contribution in [0.15, 0.2) is 33.2 Å². The molecule has 0 saturated heterocycles. The Morgan fingerprint density at radius 1 is 1.25 bits per heavy atom. The third-order valence-corrected chi connectivity index (χ3v) is 3.17. The normalized spacial score (nSPS) is 10.8. The first-order valence-corrected chi connectivity index (χ1v) is 5.97. The van der Waals surface area contributed by atoms with Crippen LogP contribution < -0.4 is 5.73 Å². The van der Waals surface area contributed by atoms with Crippen molar-refractivity contribution >= 4 is 15.9 Å². The van der Waals surface area contributed by atoms with Gasteiger partial charge in [0.2, 0.25) is 0 Å². The van der Waals surface area contributed by atoms with Crippen molar-refractivity contribution in [2.45, 2.75) is 20.4 Å². The van der Waals surface area contributed by atoms with Crippen molar-refractivity contribution in [3.05, 3.63) is 45.6 Å². The molecule has 2 N–H and O–H groups in total. The predicted octanol–water partition coefficient (Wildman–Crippen LogP) is 3.78. The van der Waals surface area contributed by atoms with Gasteiger partial charge in [0.15, 0.2) is 0 Å². The van der Waals surface area contributed by atoms with E-state index < -0.39 is 0 Å². The molecule has 1 heterocycles. The van der Waals surface area contributed by atoms with Crippen LogP contribution in [0.4, 0.5) is 0 Å². The van der Waals surface area contributed by atoms with Gasteiger partial charge in [-0.25, -0.2) is 0 Å². The highest BCUT2D eigenvalue weighted by molar-refractivity contribution is 9.10.